The monoisotopic (exact) mass is 412 g/mol. The minimum Gasteiger partial charge on any atom is -0.369 e. The second-order valence-corrected chi connectivity index (χ2v) is 6.65. The lowest BCUT2D eigenvalue weighted by atomic mass is 9.83. The Hall–Kier alpha value is -3.82. The third kappa shape index (κ3) is 2.97. The van der Waals surface area contributed by atoms with E-state index in [0.717, 1.165) is 23.2 Å². The Bertz CT molecular complexity index is 1150. The highest BCUT2D eigenvalue weighted by Crippen LogP contribution is 2.41. The Morgan fingerprint density at radius 1 is 1.07 bits per heavy atom. The summed E-state index contributed by atoms with van der Waals surface area (Å²) in [7, 11) is 1.37. The zero-order chi connectivity index (χ0) is 21.5. The highest BCUT2D eigenvalue weighted by Gasteiger charge is 2.52. The Balaban J connectivity index is 2.00. The molecule has 10 heteroatoms. The Morgan fingerprint density at radius 2 is 1.87 bits per heavy atom. The number of aliphatic imine (C=N–C) groups is 1. The molecule has 30 heavy (non-hydrogen) atoms. The van der Waals surface area contributed by atoms with Crippen molar-refractivity contribution in [2.75, 3.05) is 7.05 Å². The average Bonchev–Trinajstić information content (AvgIpc) is 2.99. The Labute approximate surface area is 169 Å². The van der Waals surface area contributed by atoms with Gasteiger partial charge in [-0.3, -0.25) is 14.7 Å². The Kier molecular flexibility index (Phi) is 4.69. The van der Waals surface area contributed by atoms with Crippen molar-refractivity contribution in [1.29, 1.82) is 0 Å². The minimum absolute atomic E-state index is 0.151. The van der Waals surface area contributed by atoms with E-state index >= 15 is 4.39 Å². The van der Waals surface area contributed by atoms with E-state index < -0.39 is 23.7 Å². The van der Waals surface area contributed by atoms with E-state index in [9.17, 15) is 13.6 Å². The van der Waals surface area contributed by atoms with Gasteiger partial charge >= 0.3 is 0 Å². The maximum Gasteiger partial charge on any atom is 0.268 e. The molecule has 0 bridgehead atoms. The van der Waals surface area contributed by atoms with Crippen LogP contribution < -0.4 is 5.73 Å². The van der Waals surface area contributed by atoms with E-state index in [-0.39, 0.29) is 22.8 Å². The van der Waals surface area contributed by atoms with Gasteiger partial charge in [0.2, 0.25) is 5.54 Å². The summed E-state index contributed by atoms with van der Waals surface area (Å²) in [6.07, 6.45) is 1.26. The molecule has 1 aliphatic heterocycles. The van der Waals surface area contributed by atoms with E-state index in [1.54, 1.807) is 6.07 Å². The van der Waals surface area contributed by atoms with Crippen LogP contribution in [0.2, 0.25) is 0 Å². The highest BCUT2D eigenvalue weighted by atomic mass is 19.3. The van der Waals surface area contributed by atoms with Crippen LogP contribution in [0.4, 0.5) is 13.2 Å². The second kappa shape index (κ2) is 7.21. The largest absolute Gasteiger partial charge is 0.369 e. The summed E-state index contributed by atoms with van der Waals surface area (Å²) in [5.74, 6) is -1.65. The number of carbonyl (C=O) groups is 1. The number of aromatic nitrogens is 3. The predicted octanol–water partition coefficient (Wildman–Crippen LogP) is 2.65. The molecule has 1 atom stereocenters. The van der Waals surface area contributed by atoms with Gasteiger partial charge in [-0.05, 0) is 35.9 Å². The molecule has 152 valence electrons. The van der Waals surface area contributed by atoms with Gasteiger partial charge in [0.15, 0.2) is 5.96 Å². The van der Waals surface area contributed by atoms with E-state index in [0.29, 0.717) is 11.1 Å². The van der Waals surface area contributed by atoms with Crippen molar-refractivity contribution in [3.8, 4) is 11.1 Å². The molecule has 0 saturated heterocycles. The average molecular weight is 412 g/mol. The van der Waals surface area contributed by atoms with Crippen LogP contribution >= 0.6 is 0 Å². The molecule has 0 saturated carbocycles. The van der Waals surface area contributed by atoms with Gasteiger partial charge in [-0.2, -0.15) is 10.2 Å². The first-order valence-electron chi connectivity index (χ1n) is 8.79. The van der Waals surface area contributed by atoms with Crippen LogP contribution in [0.25, 0.3) is 11.1 Å². The van der Waals surface area contributed by atoms with Crippen LogP contribution in [0.3, 0.4) is 0 Å². The number of pyridine rings is 1. The first-order valence-corrected chi connectivity index (χ1v) is 8.79. The number of nitrogens with zero attached hydrogens (tertiary/aromatic N) is 5. The van der Waals surface area contributed by atoms with Crippen LogP contribution in [-0.2, 0) is 10.3 Å². The lowest BCUT2D eigenvalue weighted by Gasteiger charge is -2.26. The number of alkyl halides is 2. The summed E-state index contributed by atoms with van der Waals surface area (Å²) in [5.41, 5.74) is 4.28. The molecule has 0 fully saturated rings. The summed E-state index contributed by atoms with van der Waals surface area (Å²) in [6, 6.07) is 7.90. The molecule has 2 aromatic heterocycles. The molecule has 2 N–H and O–H groups in total. The van der Waals surface area contributed by atoms with Crippen molar-refractivity contribution in [1.82, 2.24) is 20.1 Å². The van der Waals surface area contributed by atoms with Crippen LogP contribution in [0, 0.1) is 5.82 Å². The van der Waals surface area contributed by atoms with Crippen molar-refractivity contribution in [2.24, 2.45) is 10.7 Å². The van der Waals surface area contributed by atoms with Crippen molar-refractivity contribution in [3.05, 3.63) is 77.6 Å². The lowest BCUT2D eigenvalue weighted by molar-refractivity contribution is -0.129. The molecular formula is C20H15F3N6O. The summed E-state index contributed by atoms with van der Waals surface area (Å²) in [6.45, 7) is 0. The van der Waals surface area contributed by atoms with E-state index in [2.05, 4.69) is 20.2 Å². The standard InChI is InChI=1S/C20H15F3N6O/c1-29-18(30)20(28-19(29)24,16-9-12(17(22)23)4-6-25-16)14-8-11(2-3-15(14)21)13-5-7-26-27-10-13/h2-10,17H,1H3,(H2,24,28). The number of hydrogen-bond acceptors (Lipinski definition) is 6. The number of benzene rings is 1. The lowest BCUT2D eigenvalue weighted by Crippen LogP contribution is -2.42. The third-order valence-electron chi connectivity index (χ3n) is 4.92. The number of likely N-dealkylation sites (N-methyl/N-ethyl adjacent to an activating group) is 1. The fourth-order valence-electron chi connectivity index (χ4n) is 3.35. The van der Waals surface area contributed by atoms with Gasteiger partial charge in [-0.25, -0.2) is 18.2 Å². The van der Waals surface area contributed by atoms with Gasteiger partial charge < -0.3 is 5.73 Å². The fourth-order valence-corrected chi connectivity index (χ4v) is 3.35. The van der Waals surface area contributed by atoms with Crippen LogP contribution in [0.15, 0.2) is 60.0 Å². The highest BCUT2D eigenvalue weighted by molar-refractivity contribution is 6.08. The molecule has 1 amide bonds. The molecule has 1 unspecified atom stereocenters. The SMILES string of the molecule is CN1C(=O)C(c2cc(C(F)F)ccn2)(c2cc(-c3ccnnc3)ccc2F)N=C1N. The fraction of sp³-hybridized carbons (Fsp3) is 0.150. The molecule has 4 rings (SSSR count). The first kappa shape index (κ1) is 19.5. The van der Waals surface area contributed by atoms with E-state index in [1.165, 1.54) is 37.6 Å². The second-order valence-electron chi connectivity index (χ2n) is 6.65. The normalized spacial score (nSPS) is 18.8. The minimum atomic E-state index is -2.81. The number of amides is 1. The number of nitrogens with two attached hydrogens (primary N) is 1. The molecule has 3 heterocycles. The molecule has 3 aromatic rings. The maximum absolute atomic E-state index is 15.1. The number of hydrogen-bond donors (Lipinski definition) is 1. The van der Waals surface area contributed by atoms with Gasteiger partial charge in [-0.1, -0.05) is 6.07 Å². The van der Waals surface area contributed by atoms with Gasteiger partial charge in [-0.15, -0.1) is 0 Å². The van der Waals surface area contributed by atoms with E-state index in [4.69, 9.17) is 5.73 Å². The van der Waals surface area contributed by atoms with Crippen LogP contribution in [0.1, 0.15) is 23.2 Å². The third-order valence-corrected chi connectivity index (χ3v) is 4.92. The topological polar surface area (TPSA) is 97.4 Å². The zero-order valence-corrected chi connectivity index (χ0v) is 15.6. The van der Waals surface area contributed by atoms with Crippen molar-refractivity contribution < 1.29 is 18.0 Å². The molecule has 0 spiro atoms. The summed E-state index contributed by atoms with van der Waals surface area (Å²) in [4.78, 5) is 22.6. The van der Waals surface area contributed by atoms with Gasteiger partial charge in [0, 0.05) is 29.9 Å². The van der Waals surface area contributed by atoms with Crippen LogP contribution in [-0.4, -0.2) is 39.0 Å². The van der Waals surface area contributed by atoms with Crippen molar-refractivity contribution in [2.45, 2.75) is 12.0 Å². The first-order chi connectivity index (χ1) is 14.3. The maximum atomic E-state index is 15.1. The van der Waals surface area contributed by atoms with Crippen LogP contribution in [0.5, 0.6) is 0 Å². The molecule has 7 nitrogen and oxygen atoms in total. The predicted molar refractivity (Wildman–Crippen MR) is 102 cm³/mol. The number of rotatable bonds is 4. The molecule has 0 aliphatic carbocycles. The van der Waals surface area contributed by atoms with Crippen molar-refractivity contribution in [3.63, 3.8) is 0 Å². The quantitative estimate of drug-likeness (QED) is 0.711. The zero-order valence-electron chi connectivity index (χ0n) is 15.6. The summed E-state index contributed by atoms with van der Waals surface area (Å²) >= 11 is 0. The molecular weight excluding hydrogens is 397 g/mol. The van der Waals surface area contributed by atoms with Gasteiger partial charge in [0.05, 0.1) is 18.1 Å². The molecule has 0 radical (unpaired) electrons. The van der Waals surface area contributed by atoms with Gasteiger partial charge in [0.25, 0.3) is 12.3 Å². The van der Waals surface area contributed by atoms with E-state index in [1.807, 2.05) is 0 Å². The summed E-state index contributed by atoms with van der Waals surface area (Å²) < 4.78 is 41.7. The number of halogens is 3. The smallest absolute Gasteiger partial charge is 0.268 e. The molecule has 1 aliphatic rings. The molecule has 1 aromatic carbocycles. The van der Waals surface area contributed by atoms with Gasteiger partial charge in [0.1, 0.15) is 5.82 Å². The number of carbonyl (C=O) groups excluding carboxylic acids is 1. The Morgan fingerprint density at radius 3 is 2.50 bits per heavy atom. The summed E-state index contributed by atoms with van der Waals surface area (Å²) in [5, 5.41) is 7.50. The number of guanidine groups is 1. The van der Waals surface area contributed by atoms with Crippen molar-refractivity contribution >= 4 is 11.9 Å².